The monoisotopic (exact) mass is 303 g/mol. The van der Waals surface area contributed by atoms with Crippen molar-refractivity contribution in [2.45, 2.75) is 71.0 Å². The molecule has 0 saturated carbocycles. The summed E-state index contributed by atoms with van der Waals surface area (Å²) < 4.78 is 29.3. The summed E-state index contributed by atoms with van der Waals surface area (Å²) in [5.41, 5.74) is 0. The Morgan fingerprint density at radius 2 is 2.00 bits per heavy atom. The average molecular weight is 303 g/mol. The van der Waals surface area contributed by atoms with Gasteiger partial charge in [-0.05, 0) is 53.0 Å². The minimum Gasteiger partial charge on any atom is -0.313 e. The van der Waals surface area contributed by atoms with Crippen LogP contribution in [0, 0.1) is 0 Å². The van der Waals surface area contributed by atoms with E-state index in [2.05, 4.69) is 5.32 Å². The van der Waals surface area contributed by atoms with E-state index < -0.39 is 10.2 Å². The van der Waals surface area contributed by atoms with Crippen LogP contribution in [0.3, 0.4) is 0 Å². The van der Waals surface area contributed by atoms with Gasteiger partial charge in [0, 0.05) is 31.2 Å². The van der Waals surface area contributed by atoms with Crippen LogP contribution in [-0.4, -0.2) is 54.8 Å². The molecular weight excluding hydrogens is 274 g/mol. The lowest BCUT2D eigenvalue weighted by Gasteiger charge is -2.38. The fourth-order valence-corrected chi connectivity index (χ4v) is 5.34. The standard InChI is InChI=1S/C14H29N3O2S/c1-12(2)17(11-14-8-6-9-15-14)20(18,19)16-10-5-4-7-13(16)3/h12-15H,4-11H2,1-3H3. The zero-order chi connectivity index (χ0) is 14.8. The van der Waals surface area contributed by atoms with E-state index in [9.17, 15) is 8.42 Å². The zero-order valence-corrected chi connectivity index (χ0v) is 13.8. The molecule has 0 amide bonds. The van der Waals surface area contributed by atoms with Crippen molar-refractivity contribution in [3.05, 3.63) is 0 Å². The molecule has 2 aliphatic rings. The Bertz CT molecular complexity index is 405. The fraction of sp³-hybridized carbons (Fsp3) is 1.00. The lowest BCUT2D eigenvalue weighted by atomic mass is 10.1. The van der Waals surface area contributed by atoms with E-state index in [0.717, 1.165) is 38.6 Å². The third kappa shape index (κ3) is 3.53. The van der Waals surface area contributed by atoms with E-state index in [-0.39, 0.29) is 12.1 Å². The highest BCUT2D eigenvalue weighted by atomic mass is 32.2. The van der Waals surface area contributed by atoms with E-state index >= 15 is 0 Å². The van der Waals surface area contributed by atoms with Crippen LogP contribution in [0.2, 0.25) is 0 Å². The van der Waals surface area contributed by atoms with Crippen molar-refractivity contribution < 1.29 is 8.42 Å². The Morgan fingerprint density at radius 1 is 1.25 bits per heavy atom. The molecule has 2 unspecified atom stereocenters. The molecule has 6 heteroatoms. The molecule has 0 radical (unpaired) electrons. The van der Waals surface area contributed by atoms with Crippen LogP contribution < -0.4 is 5.32 Å². The van der Waals surface area contributed by atoms with Crippen LogP contribution in [0.4, 0.5) is 0 Å². The van der Waals surface area contributed by atoms with Crippen molar-refractivity contribution in [1.82, 2.24) is 13.9 Å². The van der Waals surface area contributed by atoms with E-state index in [1.54, 1.807) is 8.61 Å². The van der Waals surface area contributed by atoms with Crippen LogP contribution in [0.1, 0.15) is 52.9 Å². The van der Waals surface area contributed by atoms with Gasteiger partial charge >= 0.3 is 0 Å². The summed E-state index contributed by atoms with van der Waals surface area (Å²) in [7, 11) is -3.33. The van der Waals surface area contributed by atoms with Gasteiger partial charge in [-0.15, -0.1) is 0 Å². The summed E-state index contributed by atoms with van der Waals surface area (Å²) in [5.74, 6) is 0. The number of rotatable bonds is 5. The van der Waals surface area contributed by atoms with Crippen LogP contribution in [-0.2, 0) is 10.2 Å². The molecule has 0 spiro atoms. The SMILES string of the molecule is CC(C)N(CC1CCCN1)S(=O)(=O)N1CCCCC1C. The molecule has 2 fully saturated rings. The number of nitrogens with one attached hydrogen (secondary N) is 1. The number of piperidine rings is 1. The van der Waals surface area contributed by atoms with Crippen LogP contribution in [0.15, 0.2) is 0 Å². The molecule has 20 heavy (non-hydrogen) atoms. The molecule has 2 aliphatic heterocycles. The van der Waals surface area contributed by atoms with Gasteiger partial charge in [0.2, 0.25) is 0 Å². The van der Waals surface area contributed by atoms with Gasteiger partial charge in [-0.1, -0.05) is 6.42 Å². The van der Waals surface area contributed by atoms with Crippen LogP contribution >= 0.6 is 0 Å². The molecule has 2 rings (SSSR count). The van der Waals surface area contributed by atoms with Gasteiger partial charge in [0.05, 0.1) is 0 Å². The predicted molar refractivity (Wildman–Crippen MR) is 81.8 cm³/mol. The second-order valence-corrected chi connectivity index (χ2v) is 8.25. The molecule has 2 atom stereocenters. The number of hydrogen-bond donors (Lipinski definition) is 1. The molecular formula is C14H29N3O2S. The van der Waals surface area contributed by atoms with E-state index in [1.165, 1.54) is 0 Å². The van der Waals surface area contributed by atoms with Gasteiger partial charge in [0.25, 0.3) is 10.2 Å². The van der Waals surface area contributed by atoms with Crippen molar-refractivity contribution in [3.8, 4) is 0 Å². The lowest BCUT2D eigenvalue weighted by molar-refractivity contribution is 0.228. The molecule has 2 saturated heterocycles. The van der Waals surface area contributed by atoms with E-state index in [4.69, 9.17) is 0 Å². The second kappa shape index (κ2) is 6.73. The van der Waals surface area contributed by atoms with Gasteiger partial charge < -0.3 is 5.32 Å². The molecule has 2 heterocycles. The smallest absolute Gasteiger partial charge is 0.282 e. The highest BCUT2D eigenvalue weighted by Gasteiger charge is 2.37. The first-order valence-electron chi connectivity index (χ1n) is 7.95. The maximum Gasteiger partial charge on any atom is 0.282 e. The zero-order valence-electron chi connectivity index (χ0n) is 13.0. The van der Waals surface area contributed by atoms with Crippen LogP contribution in [0.5, 0.6) is 0 Å². The molecule has 0 bridgehead atoms. The topological polar surface area (TPSA) is 52.7 Å². The Morgan fingerprint density at radius 3 is 2.55 bits per heavy atom. The maximum absolute atomic E-state index is 12.9. The molecule has 1 N–H and O–H groups in total. The molecule has 0 aromatic rings. The normalized spacial score (nSPS) is 29.4. The molecule has 5 nitrogen and oxygen atoms in total. The van der Waals surface area contributed by atoms with E-state index in [0.29, 0.717) is 19.1 Å². The summed E-state index contributed by atoms with van der Waals surface area (Å²) >= 11 is 0. The third-order valence-corrected chi connectivity index (χ3v) is 6.77. The molecule has 0 aromatic heterocycles. The molecule has 0 aromatic carbocycles. The summed E-state index contributed by atoms with van der Waals surface area (Å²) in [6.45, 7) is 8.26. The van der Waals surface area contributed by atoms with Crippen molar-refractivity contribution in [2.24, 2.45) is 0 Å². The van der Waals surface area contributed by atoms with Crippen molar-refractivity contribution in [1.29, 1.82) is 0 Å². The molecule has 0 aliphatic carbocycles. The Kier molecular flexibility index (Phi) is 5.45. The minimum atomic E-state index is -3.33. The first-order chi connectivity index (χ1) is 9.43. The van der Waals surface area contributed by atoms with Crippen molar-refractivity contribution in [2.75, 3.05) is 19.6 Å². The fourth-order valence-electron chi connectivity index (χ4n) is 3.25. The highest BCUT2D eigenvalue weighted by Crippen LogP contribution is 2.24. The van der Waals surface area contributed by atoms with Gasteiger partial charge in [-0.2, -0.15) is 17.0 Å². The number of hydrogen-bond acceptors (Lipinski definition) is 3. The minimum absolute atomic E-state index is 0.0107. The van der Waals surface area contributed by atoms with E-state index in [1.807, 2.05) is 20.8 Å². The second-order valence-electron chi connectivity index (χ2n) is 6.42. The van der Waals surface area contributed by atoms with Gasteiger partial charge in [-0.25, -0.2) is 0 Å². The largest absolute Gasteiger partial charge is 0.313 e. The van der Waals surface area contributed by atoms with Crippen molar-refractivity contribution >= 4 is 10.2 Å². The first kappa shape index (κ1) is 16.2. The van der Waals surface area contributed by atoms with Crippen molar-refractivity contribution in [3.63, 3.8) is 0 Å². The average Bonchev–Trinajstić information content (AvgIpc) is 2.88. The summed E-state index contributed by atoms with van der Waals surface area (Å²) in [4.78, 5) is 0. The third-order valence-electron chi connectivity index (χ3n) is 4.47. The van der Waals surface area contributed by atoms with Gasteiger partial charge in [0.15, 0.2) is 0 Å². The maximum atomic E-state index is 12.9. The summed E-state index contributed by atoms with van der Waals surface area (Å²) in [5, 5.41) is 3.40. The first-order valence-corrected chi connectivity index (χ1v) is 9.34. The summed E-state index contributed by atoms with van der Waals surface area (Å²) in [6.07, 6.45) is 5.33. The highest BCUT2D eigenvalue weighted by molar-refractivity contribution is 7.86. The van der Waals surface area contributed by atoms with Gasteiger partial charge in [-0.3, -0.25) is 0 Å². The van der Waals surface area contributed by atoms with Gasteiger partial charge in [0.1, 0.15) is 0 Å². The Hall–Kier alpha value is -0.170. The van der Waals surface area contributed by atoms with Crippen LogP contribution in [0.25, 0.3) is 0 Å². The lowest BCUT2D eigenvalue weighted by Crippen LogP contribution is -2.54. The number of nitrogens with zero attached hydrogens (tertiary/aromatic N) is 2. The quantitative estimate of drug-likeness (QED) is 0.839. The predicted octanol–water partition coefficient (Wildman–Crippen LogP) is 1.57. The Balaban J connectivity index is 2.13. The molecule has 118 valence electrons. The summed E-state index contributed by atoms with van der Waals surface area (Å²) in [6, 6.07) is 0.454. The Labute approximate surface area is 123 Å².